The fourth-order valence-corrected chi connectivity index (χ4v) is 1.76. The number of carbonyl (C=O) groups is 1. The maximum Gasteiger partial charge on any atom is 0.251 e. The number of hydrogen-bond donors (Lipinski definition) is 3. The van der Waals surface area contributed by atoms with Crippen molar-refractivity contribution in [2.75, 3.05) is 18.9 Å². The molecule has 1 aromatic carbocycles. The molecule has 1 amide bonds. The van der Waals surface area contributed by atoms with E-state index in [4.69, 9.17) is 10.8 Å². The number of hydrogen-bond acceptors (Lipinski definition) is 3. The van der Waals surface area contributed by atoms with Gasteiger partial charge in [-0.25, -0.2) is 0 Å². The molecule has 4 N–H and O–H groups in total. The second kappa shape index (κ2) is 5.87. The first kappa shape index (κ1) is 14.5. The normalized spacial score (nSPS) is 11.3. The number of carbonyl (C=O) groups excluding carboxylic acids is 1. The van der Waals surface area contributed by atoms with Crippen molar-refractivity contribution in [2.24, 2.45) is 5.41 Å². The van der Waals surface area contributed by atoms with Crippen molar-refractivity contribution in [2.45, 2.75) is 27.2 Å². The highest BCUT2D eigenvalue weighted by molar-refractivity contribution is 5.95. The first-order valence-corrected chi connectivity index (χ1v) is 6.10. The van der Waals surface area contributed by atoms with Crippen LogP contribution in [-0.2, 0) is 0 Å². The lowest BCUT2D eigenvalue weighted by Gasteiger charge is -2.23. The van der Waals surface area contributed by atoms with Crippen molar-refractivity contribution in [1.82, 2.24) is 5.32 Å². The van der Waals surface area contributed by atoms with Gasteiger partial charge in [0.15, 0.2) is 0 Å². The number of nitrogens with one attached hydrogen (secondary N) is 1. The molecule has 0 atom stereocenters. The number of amides is 1. The van der Waals surface area contributed by atoms with E-state index < -0.39 is 0 Å². The van der Waals surface area contributed by atoms with Crippen LogP contribution in [0.4, 0.5) is 5.69 Å². The van der Waals surface area contributed by atoms with Gasteiger partial charge in [0.2, 0.25) is 0 Å². The summed E-state index contributed by atoms with van der Waals surface area (Å²) in [6.07, 6.45) is 0.656. The van der Waals surface area contributed by atoms with Crippen LogP contribution in [0.1, 0.15) is 36.2 Å². The van der Waals surface area contributed by atoms with Gasteiger partial charge in [-0.2, -0.15) is 0 Å². The maximum absolute atomic E-state index is 12.0. The minimum absolute atomic E-state index is 0.111. The highest BCUT2D eigenvalue weighted by Crippen LogP contribution is 2.18. The zero-order valence-electron chi connectivity index (χ0n) is 11.3. The predicted octanol–water partition coefficient (Wildman–Crippen LogP) is 1.72. The van der Waals surface area contributed by atoms with Gasteiger partial charge in [-0.15, -0.1) is 0 Å². The number of aliphatic hydroxyl groups is 1. The molecule has 0 bridgehead atoms. The SMILES string of the molecule is Cc1cc(N)cc(C(=O)NCC(C)(C)CCO)c1. The summed E-state index contributed by atoms with van der Waals surface area (Å²) in [5.74, 6) is -0.128. The zero-order valence-corrected chi connectivity index (χ0v) is 11.3. The summed E-state index contributed by atoms with van der Waals surface area (Å²) >= 11 is 0. The first-order chi connectivity index (χ1) is 8.34. The van der Waals surface area contributed by atoms with E-state index in [1.165, 1.54) is 0 Å². The third-order valence-corrected chi connectivity index (χ3v) is 2.88. The molecule has 1 rings (SSSR count). The minimum Gasteiger partial charge on any atom is -0.399 e. The molecular weight excluding hydrogens is 228 g/mol. The lowest BCUT2D eigenvalue weighted by molar-refractivity contribution is 0.0928. The number of nitrogen functional groups attached to an aromatic ring is 1. The van der Waals surface area contributed by atoms with Gasteiger partial charge in [0, 0.05) is 24.4 Å². The molecular formula is C14H22N2O2. The van der Waals surface area contributed by atoms with Gasteiger partial charge in [0.1, 0.15) is 0 Å². The van der Waals surface area contributed by atoms with Crippen LogP contribution in [0.2, 0.25) is 0 Å². The third-order valence-electron chi connectivity index (χ3n) is 2.88. The lowest BCUT2D eigenvalue weighted by Crippen LogP contribution is -2.34. The van der Waals surface area contributed by atoms with Crippen LogP contribution < -0.4 is 11.1 Å². The summed E-state index contributed by atoms with van der Waals surface area (Å²) in [5, 5.41) is 11.8. The van der Waals surface area contributed by atoms with E-state index in [1.807, 2.05) is 32.9 Å². The molecule has 0 fully saturated rings. The van der Waals surface area contributed by atoms with Gasteiger partial charge in [-0.3, -0.25) is 4.79 Å². The summed E-state index contributed by atoms with van der Waals surface area (Å²) in [6, 6.07) is 5.30. The quantitative estimate of drug-likeness (QED) is 0.696. The van der Waals surface area contributed by atoms with E-state index in [1.54, 1.807) is 6.07 Å². The molecule has 0 aliphatic rings. The van der Waals surface area contributed by atoms with Crippen LogP contribution in [0.5, 0.6) is 0 Å². The van der Waals surface area contributed by atoms with E-state index in [0.717, 1.165) is 5.56 Å². The Hall–Kier alpha value is -1.55. The summed E-state index contributed by atoms with van der Waals surface area (Å²) in [7, 11) is 0. The molecule has 0 aromatic heterocycles. The summed E-state index contributed by atoms with van der Waals surface area (Å²) in [5.41, 5.74) is 7.74. The zero-order chi connectivity index (χ0) is 13.8. The van der Waals surface area contributed by atoms with Gasteiger partial charge < -0.3 is 16.2 Å². The Kier molecular flexibility index (Phi) is 4.73. The molecule has 0 spiro atoms. The number of aliphatic hydroxyl groups excluding tert-OH is 1. The maximum atomic E-state index is 12.0. The monoisotopic (exact) mass is 250 g/mol. The molecule has 18 heavy (non-hydrogen) atoms. The number of aryl methyl sites for hydroxylation is 1. The van der Waals surface area contributed by atoms with Crippen LogP contribution >= 0.6 is 0 Å². The largest absolute Gasteiger partial charge is 0.399 e. The first-order valence-electron chi connectivity index (χ1n) is 6.10. The average Bonchev–Trinajstić information content (AvgIpc) is 2.24. The Morgan fingerprint density at radius 2 is 2.06 bits per heavy atom. The Morgan fingerprint density at radius 1 is 1.39 bits per heavy atom. The third kappa shape index (κ3) is 4.37. The molecule has 0 saturated heterocycles. The molecule has 100 valence electrons. The molecule has 4 nitrogen and oxygen atoms in total. The van der Waals surface area contributed by atoms with Crippen molar-refractivity contribution in [3.63, 3.8) is 0 Å². The van der Waals surface area contributed by atoms with Crippen LogP contribution in [0.25, 0.3) is 0 Å². The van der Waals surface area contributed by atoms with Crippen LogP contribution in [-0.4, -0.2) is 24.2 Å². The summed E-state index contributed by atoms with van der Waals surface area (Å²) < 4.78 is 0. The van der Waals surface area contributed by atoms with Crippen molar-refractivity contribution < 1.29 is 9.90 Å². The summed E-state index contributed by atoms with van der Waals surface area (Å²) in [4.78, 5) is 12.0. The number of nitrogens with two attached hydrogens (primary N) is 1. The molecule has 0 aliphatic heterocycles. The standard InChI is InChI=1S/C14H22N2O2/c1-10-6-11(8-12(15)7-10)13(18)16-9-14(2,3)4-5-17/h6-8,17H,4-5,9,15H2,1-3H3,(H,16,18). The van der Waals surface area contributed by atoms with Crippen molar-refractivity contribution in [1.29, 1.82) is 0 Å². The lowest BCUT2D eigenvalue weighted by atomic mass is 9.89. The topological polar surface area (TPSA) is 75.4 Å². The highest BCUT2D eigenvalue weighted by atomic mass is 16.3. The van der Waals surface area contributed by atoms with Gasteiger partial charge in [0.25, 0.3) is 5.91 Å². The van der Waals surface area contributed by atoms with Crippen LogP contribution in [0.3, 0.4) is 0 Å². The van der Waals surface area contributed by atoms with E-state index in [9.17, 15) is 4.79 Å². The molecule has 0 heterocycles. The molecule has 0 aliphatic carbocycles. The van der Waals surface area contributed by atoms with Gasteiger partial charge in [0.05, 0.1) is 0 Å². The molecule has 4 heteroatoms. The van der Waals surface area contributed by atoms with E-state index in [0.29, 0.717) is 24.2 Å². The van der Waals surface area contributed by atoms with E-state index in [-0.39, 0.29) is 17.9 Å². The Labute approximate surface area is 108 Å². The molecule has 1 aromatic rings. The Morgan fingerprint density at radius 3 is 2.61 bits per heavy atom. The Balaban J connectivity index is 2.66. The Bertz CT molecular complexity index is 408. The minimum atomic E-state index is -0.128. The number of rotatable bonds is 5. The fraction of sp³-hybridized carbons (Fsp3) is 0.500. The van der Waals surface area contributed by atoms with E-state index in [2.05, 4.69) is 5.32 Å². The average molecular weight is 250 g/mol. The highest BCUT2D eigenvalue weighted by Gasteiger charge is 2.18. The number of anilines is 1. The van der Waals surface area contributed by atoms with Crippen LogP contribution in [0, 0.1) is 12.3 Å². The van der Waals surface area contributed by atoms with Gasteiger partial charge in [-0.1, -0.05) is 13.8 Å². The van der Waals surface area contributed by atoms with Gasteiger partial charge in [-0.05, 0) is 42.5 Å². The van der Waals surface area contributed by atoms with Crippen molar-refractivity contribution >= 4 is 11.6 Å². The summed E-state index contributed by atoms with van der Waals surface area (Å²) in [6.45, 7) is 6.57. The second-order valence-electron chi connectivity index (χ2n) is 5.45. The predicted molar refractivity (Wildman–Crippen MR) is 73.4 cm³/mol. The van der Waals surface area contributed by atoms with Crippen molar-refractivity contribution in [3.8, 4) is 0 Å². The molecule has 0 unspecified atom stereocenters. The fourth-order valence-electron chi connectivity index (χ4n) is 1.76. The second-order valence-corrected chi connectivity index (χ2v) is 5.45. The van der Waals surface area contributed by atoms with Crippen molar-refractivity contribution in [3.05, 3.63) is 29.3 Å². The smallest absolute Gasteiger partial charge is 0.251 e. The van der Waals surface area contributed by atoms with Crippen LogP contribution in [0.15, 0.2) is 18.2 Å². The molecule has 0 radical (unpaired) electrons. The van der Waals surface area contributed by atoms with Gasteiger partial charge >= 0.3 is 0 Å². The van der Waals surface area contributed by atoms with E-state index >= 15 is 0 Å². The molecule has 0 saturated carbocycles. The number of benzene rings is 1.